The Bertz CT molecular complexity index is 883. The number of amides is 1. The number of benzene rings is 1. The van der Waals surface area contributed by atoms with E-state index in [0.29, 0.717) is 43.5 Å². The van der Waals surface area contributed by atoms with Crippen LogP contribution in [0.5, 0.6) is 0 Å². The summed E-state index contributed by atoms with van der Waals surface area (Å²) in [5, 5.41) is 6.04. The highest BCUT2D eigenvalue weighted by atomic mass is 32.1. The number of aromatic nitrogens is 2. The summed E-state index contributed by atoms with van der Waals surface area (Å²) in [4.78, 5) is 22.2. The van der Waals surface area contributed by atoms with Crippen molar-refractivity contribution in [3.8, 4) is 10.7 Å². The molecule has 3 aromatic rings. The second kappa shape index (κ2) is 7.99. The van der Waals surface area contributed by atoms with Crippen molar-refractivity contribution in [2.75, 3.05) is 26.2 Å². The lowest BCUT2D eigenvalue weighted by Crippen LogP contribution is -2.48. The Morgan fingerprint density at radius 2 is 1.93 bits per heavy atom. The van der Waals surface area contributed by atoms with Crippen LogP contribution in [0.25, 0.3) is 10.7 Å². The number of piperazine rings is 1. The molecule has 0 saturated carbocycles. The monoisotopic (exact) mass is 383 g/mol. The topological polar surface area (TPSA) is 88.5 Å². The van der Waals surface area contributed by atoms with Gasteiger partial charge in [0.05, 0.1) is 11.4 Å². The van der Waals surface area contributed by atoms with E-state index in [2.05, 4.69) is 15.0 Å². The van der Waals surface area contributed by atoms with Gasteiger partial charge in [-0.05, 0) is 29.1 Å². The van der Waals surface area contributed by atoms with Crippen molar-refractivity contribution in [2.24, 2.45) is 5.73 Å². The number of nitrogens with two attached hydrogens (primary N) is 1. The van der Waals surface area contributed by atoms with Crippen LogP contribution in [-0.2, 0) is 13.1 Å². The Morgan fingerprint density at radius 3 is 2.59 bits per heavy atom. The van der Waals surface area contributed by atoms with E-state index in [9.17, 15) is 4.79 Å². The van der Waals surface area contributed by atoms with Gasteiger partial charge in [-0.25, -0.2) is 0 Å². The van der Waals surface area contributed by atoms with E-state index in [1.165, 1.54) is 0 Å². The minimum Gasteiger partial charge on any atom is -0.338 e. The van der Waals surface area contributed by atoms with E-state index in [1.807, 2.05) is 46.7 Å². The average molecular weight is 383 g/mol. The molecule has 27 heavy (non-hydrogen) atoms. The van der Waals surface area contributed by atoms with Crippen LogP contribution in [0.15, 0.2) is 46.3 Å². The minimum absolute atomic E-state index is 0.0657. The van der Waals surface area contributed by atoms with E-state index in [-0.39, 0.29) is 5.91 Å². The van der Waals surface area contributed by atoms with Crippen molar-refractivity contribution >= 4 is 17.2 Å². The van der Waals surface area contributed by atoms with Crippen molar-refractivity contribution < 1.29 is 9.32 Å². The molecule has 0 aliphatic carbocycles. The van der Waals surface area contributed by atoms with Crippen LogP contribution in [0.2, 0.25) is 0 Å². The Kier molecular flexibility index (Phi) is 5.28. The molecular formula is C19H21N5O2S. The normalized spacial score (nSPS) is 15.2. The summed E-state index contributed by atoms with van der Waals surface area (Å²) in [6.45, 7) is 4.02. The summed E-state index contributed by atoms with van der Waals surface area (Å²) in [5.74, 6) is 1.31. The smallest absolute Gasteiger partial charge is 0.253 e. The summed E-state index contributed by atoms with van der Waals surface area (Å²) in [5.41, 5.74) is 7.34. The van der Waals surface area contributed by atoms with Gasteiger partial charge in [0, 0.05) is 38.3 Å². The van der Waals surface area contributed by atoms with Crippen LogP contribution in [0.4, 0.5) is 0 Å². The number of rotatable bonds is 5. The molecule has 1 aliphatic rings. The number of nitrogens with zero attached hydrogens (tertiary/aromatic N) is 4. The molecule has 1 aliphatic heterocycles. The van der Waals surface area contributed by atoms with Gasteiger partial charge in [-0.3, -0.25) is 9.69 Å². The molecule has 0 spiro atoms. The van der Waals surface area contributed by atoms with Gasteiger partial charge < -0.3 is 15.2 Å². The van der Waals surface area contributed by atoms with Crippen molar-refractivity contribution in [3.63, 3.8) is 0 Å². The standard InChI is InChI=1S/C19H21N5O2S/c20-12-14-3-5-15(6-4-14)19(25)24-9-7-23(8-10-24)13-17-21-18(22-26-17)16-2-1-11-27-16/h1-6,11H,7-10,12-13,20H2. The molecule has 2 aromatic heterocycles. The molecule has 0 bridgehead atoms. The Balaban J connectivity index is 1.31. The predicted molar refractivity (Wildman–Crippen MR) is 103 cm³/mol. The Hall–Kier alpha value is -2.55. The molecule has 1 amide bonds. The summed E-state index contributed by atoms with van der Waals surface area (Å²) in [6, 6.07) is 11.5. The van der Waals surface area contributed by atoms with Gasteiger partial charge in [0.15, 0.2) is 0 Å². The van der Waals surface area contributed by atoms with Gasteiger partial charge in [-0.1, -0.05) is 23.4 Å². The molecule has 4 rings (SSSR count). The van der Waals surface area contributed by atoms with Gasteiger partial charge in [-0.2, -0.15) is 4.98 Å². The largest absolute Gasteiger partial charge is 0.338 e. The summed E-state index contributed by atoms with van der Waals surface area (Å²) in [7, 11) is 0. The lowest BCUT2D eigenvalue weighted by atomic mass is 10.1. The van der Waals surface area contributed by atoms with Gasteiger partial charge in [-0.15, -0.1) is 11.3 Å². The molecule has 1 fully saturated rings. The molecule has 140 valence electrons. The third-order valence-corrected chi connectivity index (χ3v) is 5.53. The van der Waals surface area contributed by atoms with Gasteiger partial charge in [0.2, 0.25) is 11.7 Å². The fraction of sp³-hybridized carbons (Fsp3) is 0.316. The molecule has 7 nitrogen and oxygen atoms in total. The van der Waals surface area contributed by atoms with Crippen LogP contribution in [0.1, 0.15) is 21.8 Å². The maximum absolute atomic E-state index is 12.6. The molecule has 1 aromatic carbocycles. The summed E-state index contributed by atoms with van der Waals surface area (Å²) in [6.07, 6.45) is 0. The number of carbonyl (C=O) groups is 1. The van der Waals surface area contributed by atoms with E-state index in [4.69, 9.17) is 10.3 Å². The number of thiophene rings is 1. The molecular weight excluding hydrogens is 362 g/mol. The molecule has 3 heterocycles. The molecule has 1 saturated heterocycles. The second-order valence-corrected chi connectivity index (χ2v) is 7.41. The van der Waals surface area contributed by atoms with Gasteiger partial charge >= 0.3 is 0 Å². The highest BCUT2D eigenvalue weighted by Gasteiger charge is 2.23. The van der Waals surface area contributed by atoms with Crippen LogP contribution < -0.4 is 5.73 Å². The zero-order chi connectivity index (χ0) is 18.6. The van der Waals surface area contributed by atoms with Crippen molar-refractivity contribution in [2.45, 2.75) is 13.1 Å². The third-order valence-electron chi connectivity index (χ3n) is 4.66. The highest BCUT2D eigenvalue weighted by Crippen LogP contribution is 2.21. The summed E-state index contributed by atoms with van der Waals surface area (Å²) >= 11 is 1.59. The van der Waals surface area contributed by atoms with Gasteiger partial charge in [0.25, 0.3) is 5.91 Å². The zero-order valence-electron chi connectivity index (χ0n) is 14.9. The highest BCUT2D eigenvalue weighted by molar-refractivity contribution is 7.13. The number of hydrogen-bond donors (Lipinski definition) is 1. The first-order valence-corrected chi connectivity index (χ1v) is 9.78. The predicted octanol–water partition coefficient (Wildman–Crippen LogP) is 2.21. The molecule has 0 atom stereocenters. The van der Waals surface area contributed by atoms with E-state index in [1.54, 1.807) is 11.3 Å². The van der Waals surface area contributed by atoms with Crippen LogP contribution >= 0.6 is 11.3 Å². The fourth-order valence-corrected chi connectivity index (χ4v) is 3.74. The maximum atomic E-state index is 12.6. The third kappa shape index (κ3) is 4.08. The SMILES string of the molecule is NCc1ccc(C(=O)N2CCN(Cc3nc(-c4cccs4)no3)CC2)cc1. The fourth-order valence-electron chi connectivity index (χ4n) is 3.09. The maximum Gasteiger partial charge on any atom is 0.253 e. The quantitative estimate of drug-likeness (QED) is 0.727. The van der Waals surface area contributed by atoms with Crippen molar-refractivity contribution in [1.82, 2.24) is 19.9 Å². The first-order valence-electron chi connectivity index (χ1n) is 8.90. The zero-order valence-corrected chi connectivity index (χ0v) is 15.7. The minimum atomic E-state index is 0.0657. The molecule has 0 radical (unpaired) electrons. The summed E-state index contributed by atoms with van der Waals surface area (Å²) < 4.78 is 5.37. The molecule has 8 heteroatoms. The number of hydrogen-bond acceptors (Lipinski definition) is 7. The van der Waals surface area contributed by atoms with Crippen molar-refractivity contribution in [3.05, 3.63) is 58.8 Å². The lowest BCUT2D eigenvalue weighted by Gasteiger charge is -2.34. The van der Waals surface area contributed by atoms with Gasteiger partial charge in [0.1, 0.15) is 0 Å². The van der Waals surface area contributed by atoms with Crippen LogP contribution in [0, 0.1) is 0 Å². The van der Waals surface area contributed by atoms with E-state index >= 15 is 0 Å². The first-order chi connectivity index (χ1) is 13.2. The first kappa shape index (κ1) is 17.8. The van der Waals surface area contributed by atoms with E-state index in [0.717, 1.165) is 23.5 Å². The molecule has 2 N–H and O–H groups in total. The van der Waals surface area contributed by atoms with Crippen LogP contribution in [-0.4, -0.2) is 52.0 Å². The Labute approximate surface area is 161 Å². The molecule has 0 unspecified atom stereocenters. The van der Waals surface area contributed by atoms with Crippen molar-refractivity contribution in [1.29, 1.82) is 0 Å². The second-order valence-electron chi connectivity index (χ2n) is 6.46. The lowest BCUT2D eigenvalue weighted by molar-refractivity contribution is 0.0615. The average Bonchev–Trinajstić information content (AvgIpc) is 3.40. The Morgan fingerprint density at radius 1 is 1.15 bits per heavy atom. The van der Waals surface area contributed by atoms with Crippen LogP contribution in [0.3, 0.4) is 0 Å². The van der Waals surface area contributed by atoms with E-state index < -0.39 is 0 Å². The number of carbonyl (C=O) groups excluding carboxylic acids is 1.